The number of hydrogen-bond donors (Lipinski definition) is 2. The number of nitrogens with one attached hydrogen (secondary N) is 2. The number of benzene rings is 2. The van der Waals surface area contributed by atoms with E-state index in [0.29, 0.717) is 23.1 Å². The highest BCUT2D eigenvalue weighted by Gasteiger charge is 2.09. The SMILES string of the molecule is O=C(NCc1ccccc1)c1cc(Nc2ccccc2Cl)ncn1. The Bertz CT molecular complexity index is 839. The molecule has 0 spiro atoms. The minimum atomic E-state index is -0.261. The van der Waals surface area contributed by atoms with Gasteiger partial charge in [-0.2, -0.15) is 0 Å². The zero-order valence-electron chi connectivity index (χ0n) is 12.7. The van der Waals surface area contributed by atoms with Gasteiger partial charge in [-0.25, -0.2) is 9.97 Å². The molecule has 0 aliphatic carbocycles. The highest BCUT2D eigenvalue weighted by molar-refractivity contribution is 6.33. The van der Waals surface area contributed by atoms with Crippen LogP contribution in [-0.4, -0.2) is 15.9 Å². The summed E-state index contributed by atoms with van der Waals surface area (Å²) in [5, 5.41) is 6.49. The highest BCUT2D eigenvalue weighted by Crippen LogP contribution is 2.23. The lowest BCUT2D eigenvalue weighted by Crippen LogP contribution is -2.24. The summed E-state index contributed by atoms with van der Waals surface area (Å²) in [5.74, 6) is 0.242. The third-order valence-electron chi connectivity index (χ3n) is 3.33. The van der Waals surface area contributed by atoms with Crippen LogP contribution in [0.2, 0.25) is 5.02 Å². The van der Waals surface area contributed by atoms with Crippen molar-refractivity contribution < 1.29 is 4.79 Å². The Balaban J connectivity index is 1.68. The third kappa shape index (κ3) is 4.08. The van der Waals surface area contributed by atoms with Crippen LogP contribution in [0.15, 0.2) is 67.0 Å². The normalized spacial score (nSPS) is 10.2. The van der Waals surface area contributed by atoms with Crippen LogP contribution in [0.4, 0.5) is 11.5 Å². The van der Waals surface area contributed by atoms with Gasteiger partial charge in [-0.1, -0.05) is 54.1 Å². The van der Waals surface area contributed by atoms with E-state index in [1.165, 1.54) is 6.33 Å². The first-order valence-electron chi connectivity index (χ1n) is 7.38. The molecule has 0 saturated carbocycles. The van der Waals surface area contributed by atoms with Crippen molar-refractivity contribution in [3.05, 3.63) is 83.3 Å². The van der Waals surface area contributed by atoms with E-state index in [1.807, 2.05) is 48.5 Å². The van der Waals surface area contributed by atoms with Crippen molar-refractivity contribution in [1.29, 1.82) is 0 Å². The molecule has 1 amide bonds. The molecule has 0 saturated heterocycles. The van der Waals surface area contributed by atoms with Crippen LogP contribution < -0.4 is 10.6 Å². The van der Waals surface area contributed by atoms with Gasteiger partial charge >= 0.3 is 0 Å². The van der Waals surface area contributed by atoms with Crippen molar-refractivity contribution in [3.8, 4) is 0 Å². The van der Waals surface area contributed by atoms with Crippen LogP contribution in [-0.2, 0) is 6.54 Å². The van der Waals surface area contributed by atoms with E-state index in [-0.39, 0.29) is 11.6 Å². The summed E-state index contributed by atoms with van der Waals surface area (Å²) in [6.45, 7) is 0.441. The van der Waals surface area contributed by atoms with E-state index in [0.717, 1.165) is 5.56 Å². The Kier molecular flexibility index (Phi) is 5.03. The molecule has 0 aliphatic rings. The predicted octanol–water partition coefficient (Wildman–Crippen LogP) is 3.80. The summed E-state index contributed by atoms with van der Waals surface area (Å²) in [4.78, 5) is 20.4. The molecular formula is C18H15ClN4O. The number of carbonyl (C=O) groups excluding carboxylic acids is 1. The Morgan fingerprint density at radius 1 is 1.00 bits per heavy atom. The van der Waals surface area contributed by atoms with Gasteiger partial charge < -0.3 is 10.6 Å². The lowest BCUT2D eigenvalue weighted by Gasteiger charge is -2.09. The monoisotopic (exact) mass is 338 g/mol. The molecule has 0 unspecified atom stereocenters. The molecule has 0 radical (unpaired) electrons. The Labute approximate surface area is 144 Å². The molecule has 0 atom stereocenters. The Hall–Kier alpha value is -2.92. The van der Waals surface area contributed by atoms with Gasteiger partial charge in [-0.3, -0.25) is 4.79 Å². The molecule has 1 heterocycles. The molecule has 3 rings (SSSR count). The summed E-state index contributed by atoms with van der Waals surface area (Å²) >= 11 is 6.11. The number of aromatic nitrogens is 2. The molecule has 0 fully saturated rings. The highest BCUT2D eigenvalue weighted by atomic mass is 35.5. The van der Waals surface area contributed by atoms with E-state index in [9.17, 15) is 4.79 Å². The maximum atomic E-state index is 12.2. The van der Waals surface area contributed by atoms with Gasteiger partial charge in [-0.05, 0) is 17.7 Å². The van der Waals surface area contributed by atoms with Gasteiger partial charge in [0.05, 0.1) is 10.7 Å². The number of para-hydroxylation sites is 1. The lowest BCUT2D eigenvalue weighted by atomic mass is 10.2. The molecule has 3 aromatic rings. The first-order chi connectivity index (χ1) is 11.7. The first-order valence-corrected chi connectivity index (χ1v) is 7.76. The number of halogens is 1. The standard InChI is InChI=1S/C18H15ClN4O/c19-14-8-4-5-9-15(14)23-17-10-16(21-12-22-17)18(24)20-11-13-6-2-1-3-7-13/h1-10,12H,11H2,(H,20,24)(H,21,22,23). The quantitative estimate of drug-likeness (QED) is 0.742. The van der Waals surface area contributed by atoms with Crippen molar-refractivity contribution in [1.82, 2.24) is 15.3 Å². The van der Waals surface area contributed by atoms with Crippen LogP contribution in [0, 0.1) is 0 Å². The van der Waals surface area contributed by atoms with Crippen LogP contribution in [0.5, 0.6) is 0 Å². The number of amides is 1. The molecular weight excluding hydrogens is 324 g/mol. The molecule has 2 N–H and O–H groups in total. The topological polar surface area (TPSA) is 66.9 Å². The number of carbonyl (C=O) groups is 1. The van der Waals surface area contributed by atoms with Crippen molar-refractivity contribution in [3.63, 3.8) is 0 Å². The fraction of sp³-hybridized carbons (Fsp3) is 0.0556. The number of nitrogens with zero attached hydrogens (tertiary/aromatic N) is 2. The molecule has 24 heavy (non-hydrogen) atoms. The number of rotatable bonds is 5. The van der Waals surface area contributed by atoms with Crippen LogP contribution >= 0.6 is 11.6 Å². The second-order valence-electron chi connectivity index (χ2n) is 5.06. The van der Waals surface area contributed by atoms with E-state index in [2.05, 4.69) is 20.6 Å². The summed E-state index contributed by atoms with van der Waals surface area (Å²) < 4.78 is 0. The minimum absolute atomic E-state index is 0.261. The van der Waals surface area contributed by atoms with Crippen LogP contribution in [0.3, 0.4) is 0 Å². The molecule has 6 heteroatoms. The lowest BCUT2D eigenvalue weighted by molar-refractivity contribution is 0.0946. The van der Waals surface area contributed by atoms with Gasteiger partial charge in [0.2, 0.25) is 0 Å². The van der Waals surface area contributed by atoms with Gasteiger partial charge in [0.15, 0.2) is 0 Å². The van der Waals surface area contributed by atoms with Crippen molar-refractivity contribution in [2.24, 2.45) is 0 Å². The predicted molar refractivity (Wildman–Crippen MR) is 94.4 cm³/mol. The van der Waals surface area contributed by atoms with Gasteiger partial charge in [0.1, 0.15) is 17.8 Å². The zero-order chi connectivity index (χ0) is 16.8. The second kappa shape index (κ2) is 7.57. The van der Waals surface area contributed by atoms with E-state index in [1.54, 1.807) is 12.1 Å². The van der Waals surface area contributed by atoms with Gasteiger partial charge in [0, 0.05) is 12.6 Å². The van der Waals surface area contributed by atoms with Gasteiger partial charge in [-0.15, -0.1) is 0 Å². The van der Waals surface area contributed by atoms with E-state index >= 15 is 0 Å². The van der Waals surface area contributed by atoms with Crippen molar-refractivity contribution >= 4 is 29.0 Å². The molecule has 0 bridgehead atoms. The summed E-state index contributed by atoms with van der Waals surface area (Å²) in [7, 11) is 0. The molecule has 1 aromatic heterocycles. The average molecular weight is 339 g/mol. The number of anilines is 2. The summed E-state index contributed by atoms with van der Waals surface area (Å²) in [6.07, 6.45) is 1.34. The molecule has 120 valence electrons. The third-order valence-corrected chi connectivity index (χ3v) is 3.66. The minimum Gasteiger partial charge on any atom is -0.347 e. The van der Waals surface area contributed by atoms with Crippen molar-refractivity contribution in [2.75, 3.05) is 5.32 Å². The second-order valence-corrected chi connectivity index (χ2v) is 5.47. The van der Waals surface area contributed by atoms with Gasteiger partial charge in [0.25, 0.3) is 5.91 Å². The summed E-state index contributed by atoms with van der Waals surface area (Å²) in [5.41, 5.74) is 2.03. The first kappa shape index (κ1) is 16.0. The maximum Gasteiger partial charge on any atom is 0.270 e. The van der Waals surface area contributed by atoms with Crippen LogP contribution in [0.25, 0.3) is 0 Å². The Morgan fingerprint density at radius 3 is 2.54 bits per heavy atom. The fourth-order valence-corrected chi connectivity index (χ4v) is 2.30. The van der Waals surface area contributed by atoms with E-state index in [4.69, 9.17) is 11.6 Å². The van der Waals surface area contributed by atoms with Crippen LogP contribution in [0.1, 0.15) is 16.1 Å². The Morgan fingerprint density at radius 2 is 1.75 bits per heavy atom. The smallest absolute Gasteiger partial charge is 0.270 e. The van der Waals surface area contributed by atoms with Crippen molar-refractivity contribution in [2.45, 2.75) is 6.54 Å². The molecule has 0 aliphatic heterocycles. The fourth-order valence-electron chi connectivity index (χ4n) is 2.12. The molecule has 2 aromatic carbocycles. The maximum absolute atomic E-state index is 12.2. The average Bonchev–Trinajstić information content (AvgIpc) is 2.63. The van der Waals surface area contributed by atoms with E-state index < -0.39 is 0 Å². The summed E-state index contributed by atoms with van der Waals surface area (Å²) in [6, 6.07) is 18.6. The molecule has 5 nitrogen and oxygen atoms in total. The number of hydrogen-bond acceptors (Lipinski definition) is 4. The largest absolute Gasteiger partial charge is 0.347 e. The zero-order valence-corrected chi connectivity index (χ0v) is 13.5.